The summed E-state index contributed by atoms with van der Waals surface area (Å²) in [5, 5.41) is 0. The van der Waals surface area contributed by atoms with Gasteiger partial charge in [0.1, 0.15) is 6.61 Å². The molecule has 1 N–H and O–H groups in total. The number of sulfonamides is 1. The van der Waals surface area contributed by atoms with Crippen LogP contribution in [0.4, 0.5) is 13.2 Å². The Morgan fingerprint density at radius 2 is 1.78 bits per heavy atom. The highest BCUT2D eigenvalue weighted by Crippen LogP contribution is 2.23. The smallest absolute Gasteiger partial charge is 0.460 e. The molecule has 0 heterocycles. The number of carbonyl (C=O) groups excluding carboxylic acids is 1. The van der Waals surface area contributed by atoms with Crippen molar-refractivity contribution in [2.75, 3.05) is 6.61 Å². The summed E-state index contributed by atoms with van der Waals surface area (Å²) in [6, 6.07) is 0. The molecule has 0 aliphatic rings. The van der Waals surface area contributed by atoms with E-state index in [4.69, 9.17) is 0 Å². The fraction of sp³-hybridized carbons (Fsp3) is 0.667. The SMILES string of the molecule is C=C(C)C(=O)OCC(C)(C)NS(=O)(=O)C(F)(F)F. The van der Waals surface area contributed by atoms with E-state index in [0.29, 0.717) is 0 Å². The van der Waals surface area contributed by atoms with Gasteiger partial charge in [-0.05, 0) is 20.8 Å². The Kier molecular flexibility index (Phi) is 4.95. The van der Waals surface area contributed by atoms with Gasteiger partial charge < -0.3 is 4.74 Å². The second-order valence-corrected chi connectivity index (χ2v) is 5.97. The summed E-state index contributed by atoms with van der Waals surface area (Å²) in [6.07, 6.45) is 0. The van der Waals surface area contributed by atoms with E-state index in [9.17, 15) is 26.4 Å². The molecule has 0 rings (SSSR count). The van der Waals surface area contributed by atoms with Gasteiger partial charge in [-0.3, -0.25) is 0 Å². The van der Waals surface area contributed by atoms with Crippen molar-refractivity contribution in [3.05, 3.63) is 12.2 Å². The highest BCUT2D eigenvalue weighted by atomic mass is 32.2. The number of nitrogens with one attached hydrogen (secondary N) is 1. The van der Waals surface area contributed by atoms with Crippen LogP contribution in [0.15, 0.2) is 12.2 Å². The Bertz CT molecular complexity index is 439. The third-order valence-electron chi connectivity index (χ3n) is 1.63. The largest absolute Gasteiger partial charge is 0.511 e. The molecule has 0 aliphatic carbocycles. The molecule has 0 unspecified atom stereocenters. The topological polar surface area (TPSA) is 72.5 Å². The first-order valence-corrected chi connectivity index (χ1v) is 6.20. The molecule has 0 bridgehead atoms. The molecule has 9 heteroatoms. The summed E-state index contributed by atoms with van der Waals surface area (Å²) in [5.74, 6) is -0.811. The number of halogens is 3. The van der Waals surface area contributed by atoms with Crippen LogP contribution in [0.25, 0.3) is 0 Å². The molecule has 18 heavy (non-hydrogen) atoms. The zero-order valence-corrected chi connectivity index (χ0v) is 10.9. The molecular formula is C9H14F3NO4S. The minimum atomic E-state index is -5.49. The van der Waals surface area contributed by atoms with E-state index in [2.05, 4.69) is 11.3 Å². The number of hydrogen-bond acceptors (Lipinski definition) is 4. The van der Waals surface area contributed by atoms with E-state index < -0.39 is 33.6 Å². The summed E-state index contributed by atoms with van der Waals surface area (Å²) >= 11 is 0. The molecule has 0 aromatic rings. The monoisotopic (exact) mass is 289 g/mol. The number of alkyl halides is 3. The van der Waals surface area contributed by atoms with Crippen LogP contribution in [0, 0.1) is 0 Å². The first-order chi connectivity index (χ1) is 7.78. The molecule has 106 valence electrons. The lowest BCUT2D eigenvalue weighted by atomic mass is 10.1. The number of esters is 1. The lowest BCUT2D eigenvalue weighted by molar-refractivity contribution is -0.140. The Hall–Kier alpha value is -1.09. The van der Waals surface area contributed by atoms with E-state index in [0.717, 1.165) is 13.8 Å². The zero-order valence-electron chi connectivity index (χ0n) is 10.1. The highest BCUT2D eigenvalue weighted by molar-refractivity contribution is 7.90. The van der Waals surface area contributed by atoms with Gasteiger partial charge in [0.2, 0.25) is 0 Å². The summed E-state index contributed by atoms with van der Waals surface area (Å²) in [4.78, 5) is 11.0. The molecule has 0 radical (unpaired) electrons. The maximum Gasteiger partial charge on any atom is 0.511 e. The Morgan fingerprint density at radius 3 is 2.11 bits per heavy atom. The first kappa shape index (κ1) is 16.9. The number of rotatable bonds is 5. The Balaban J connectivity index is 4.69. The summed E-state index contributed by atoms with van der Waals surface area (Å²) in [7, 11) is -5.49. The fourth-order valence-corrected chi connectivity index (χ4v) is 1.72. The molecule has 0 atom stereocenters. The van der Waals surface area contributed by atoms with Crippen LogP contribution in [0.2, 0.25) is 0 Å². The fourth-order valence-electron chi connectivity index (χ4n) is 0.820. The third kappa shape index (κ3) is 5.05. The normalized spacial score (nSPS) is 13.2. The average molecular weight is 289 g/mol. The van der Waals surface area contributed by atoms with Gasteiger partial charge in [-0.25, -0.2) is 13.2 Å². The third-order valence-corrected chi connectivity index (χ3v) is 3.06. The summed E-state index contributed by atoms with van der Waals surface area (Å²) in [5.41, 5.74) is -6.94. The highest BCUT2D eigenvalue weighted by Gasteiger charge is 2.48. The maximum absolute atomic E-state index is 12.1. The van der Waals surface area contributed by atoms with Crippen LogP contribution in [0.5, 0.6) is 0 Å². The van der Waals surface area contributed by atoms with Gasteiger partial charge in [0.05, 0.1) is 5.54 Å². The Labute approximate surface area is 103 Å². The van der Waals surface area contributed by atoms with Crippen LogP contribution < -0.4 is 4.72 Å². The Morgan fingerprint density at radius 1 is 1.33 bits per heavy atom. The van der Waals surface area contributed by atoms with E-state index in [1.54, 1.807) is 0 Å². The van der Waals surface area contributed by atoms with Crippen LogP contribution in [-0.2, 0) is 19.6 Å². The molecule has 5 nitrogen and oxygen atoms in total. The van der Waals surface area contributed by atoms with E-state index in [1.165, 1.54) is 11.6 Å². The van der Waals surface area contributed by atoms with E-state index >= 15 is 0 Å². The molecule has 0 saturated heterocycles. The van der Waals surface area contributed by atoms with Gasteiger partial charge in [0.25, 0.3) is 0 Å². The van der Waals surface area contributed by atoms with Crippen molar-refractivity contribution >= 4 is 16.0 Å². The van der Waals surface area contributed by atoms with E-state index in [-0.39, 0.29) is 5.57 Å². The molecule has 0 saturated carbocycles. The van der Waals surface area contributed by atoms with Crippen LogP contribution in [0.1, 0.15) is 20.8 Å². The van der Waals surface area contributed by atoms with Crippen LogP contribution >= 0.6 is 0 Å². The van der Waals surface area contributed by atoms with Crippen LogP contribution in [-0.4, -0.2) is 32.0 Å². The van der Waals surface area contributed by atoms with Gasteiger partial charge in [-0.1, -0.05) is 6.58 Å². The second kappa shape index (κ2) is 5.27. The van der Waals surface area contributed by atoms with Crippen molar-refractivity contribution in [2.24, 2.45) is 0 Å². The van der Waals surface area contributed by atoms with Crippen molar-refractivity contribution in [2.45, 2.75) is 31.8 Å². The number of hydrogen-bond donors (Lipinski definition) is 1. The molecule has 0 aliphatic heterocycles. The van der Waals surface area contributed by atoms with Crippen molar-refractivity contribution in [3.8, 4) is 0 Å². The van der Waals surface area contributed by atoms with Crippen molar-refractivity contribution in [1.29, 1.82) is 0 Å². The minimum absolute atomic E-state index is 0.0597. The second-order valence-electron chi connectivity index (χ2n) is 4.29. The standard InChI is InChI=1S/C9H14F3NO4S/c1-6(2)7(14)17-5-8(3,4)13-18(15,16)9(10,11)12/h13H,1,5H2,2-4H3. The summed E-state index contributed by atoms with van der Waals surface area (Å²) < 4.78 is 64.1. The zero-order chi connectivity index (χ0) is 14.8. The van der Waals surface area contributed by atoms with Crippen molar-refractivity contribution in [3.63, 3.8) is 0 Å². The molecule has 0 spiro atoms. The van der Waals surface area contributed by atoms with Crippen molar-refractivity contribution < 1.29 is 31.1 Å². The predicted octanol–water partition coefficient (Wildman–Crippen LogP) is 1.32. The average Bonchev–Trinajstić information content (AvgIpc) is 2.10. The van der Waals surface area contributed by atoms with Gasteiger partial charge >= 0.3 is 21.5 Å². The molecule has 0 aromatic heterocycles. The molecule has 0 aromatic carbocycles. The van der Waals surface area contributed by atoms with Gasteiger partial charge in [-0.15, -0.1) is 0 Å². The molecule has 0 fully saturated rings. The van der Waals surface area contributed by atoms with Crippen molar-refractivity contribution in [1.82, 2.24) is 4.72 Å². The number of ether oxygens (including phenoxy) is 1. The predicted molar refractivity (Wildman–Crippen MR) is 58.0 cm³/mol. The van der Waals surface area contributed by atoms with Gasteiger partial charge in [0.15, 0.2) is 0 Å². The molecular weight excluding hydrogens is 275 g/mol. The lowest BCUT2D eigenvalue weighted by Gasteiger charge is -2.25. The minimum Gasteiger partial charge on any atom is -0.460 e. The summed E-state index contributed by atoms with van der Waals surface area (Å²) in [6.45, 7) is 6.39. The van der Waals surface area contributed by atoms with E-state index in [1.807, 2.05) is 0 Å². The lowest BCUT2D eigenvalue weighted by Crippen LogP contribution is -2.51. The first-order valence-electron chi connectivity index (χ1n) is 4.71. The van der Waals surface area contributed by atoms with Crippen LogP contribution in [0.3, 0.4) is 0 Å². The quantitative estimate of drug-likeness (QED) is 0.612. The van der Waals surface area contributed by atoms with Gasteiger partial charge in [0, 0.05) is 5.57 Å². The molecule has 0 amide bonds. The number of carbonyl (C=O) groups is 1. The van der Waals surface area contributed by atoms with Gasteiger partial charge in [-0.2, -0.15) is 17.9 Å². The maximum atomic E-state index is 12.1.